The lowest BCUT2D eigenvalue weighted by Gasteiger charge is -2.09. The number of rotatable bonds is 3. The number of nitrogens with one attached hydrogen (secondary N) is 1. The van der Waals surface area contributed by atoms with E-state index in [2.05, 4.69) is 10.3 Å². The van der Waals surface area contributed by atoms with E-state index >= 15 is 0 Å². The third kappa shape index (κ3) is 2.09. The van der Waals surface area contributed by atoms with Crippen LogP contribution in [0.5, 0.6) is 0 Å². The zero-order chi connectivity index (χ0) is 14.1. The van der Waals surface area contributed by atoms with E-state index in [9.17, 15) is 9.90 Å². The summed E-state index contributed by atoms with van der Waals surface area (Å²) in [4.78, 5) is 15.4. The smallest absolute Gasteiger partial charge is 0.337 e. The van der Waals surface area contributed by atoms with Gasteiger partial charge in [-0.25, -0.2) is 9.78 Å². The summed E-state index contributed by atoms with van der Waals surface area (Å²) in [5, 5.41) is 12.3. The lowest BCUT2D eigenvalue weighted by atomic mass is 10.1. The quantitative estimate of drug-likeness (QED) is 0.765. The number of carboxylic acid groups (broad SMARTS) is 1. The van der Waals surface area contributed by atoms with Crippen molar-refractivity contribution in [2.24, 2.45) is 7.05 Å². The molecule has 2 N–H and O–H groups in total. The van der Waals surface area contributed by atoms with Crippen molar-refractivity contribution >= 4 is 28.4 Å². The van der Waals surface area contributed by atoms with Crippen molar-refractivity contribution in [2.75, 3.05) is 5.32 Å². The first-order valence-corrected chi connectivity index (χ1v) is 6.15. The second-order valence-electron chi connectivity index (χ2n) is 4.53. The highest BCUT2D eigenvalue weighted by molar-refractivity contribution is 5.95. The molecule has 0 radical (unpaired) electrons. The third-order valence-electron chi connectivity index (χ3n) is 3.16. The lowest BCUT2D eigenvalue weighted by Crippen LogP contribution is -2.02. The van der Waals surface area contributed by atoms with Gasteiger partial charge in [-0.05, 0) is 30.3 Å². The number of aryl methyl sites for hydroxylation is 1. The van der Waals surface area contributed by atoms with Crippen LogP contribution >= 0.6 is 0 Å². The van der Waals surface area contributed by atoms with Crippen LogP contribution in [0.15, 0.2) is 48.8 Å². The van der Waals surface area contributed by atoms with Gasteiger partial charge in [-0.2, -0.15) is 0 Å². The van der Waals surface area contributed by atoms with Crippen LogP contribution in [0, 0.1) is 0 Å². The highest BCUT2D eigenvalue weighted by Gasteiger charge is 2.09. The van der Waals surface area contributed by atoms with Crippen LogP contribution in [0.3, 0.4) is 0 Å². The summed E-state index contributed by atoms with van der Waals surface area (Å²) < 4.78 is 1.92. The van der Waals surface area contributed by atoms with Gasteiger partial charge in [-0.3, -0.25) is 0 Å². The average molecular weight is 267 g/mol. The number of carboxylic acids is 1. The van der Waals surface area contributed by atoms with Gasteiger partial charge in [0.1, 0.15) is 0 Å². The molecule has 0 bridgehead atoms. The van der Waals surface area contributed by atoms with Crippen LogP contribution in [0.4, 0.5) is 11.4 Å². The molecular weight excluding hydrogens is 254 g/mol. The summed E-state index contributed by atoms with van der Waals surface area (Å²) >= 11 is 0. The molecule has 0 fully saturated rings. The Hall–Kier alpha value is -2.82. The van der Waals surface area contributed by atoms with Crippen LogP contribution in [-0.4, -0.2) is 20.6 Å². The normalized spacial score (nSPS) is 10.7. The molecular formula is C15H13N3O2. The zero-order valence-electron chi connectivity index (χ0n) is 10.9. The molecule has 5 nitrogen and oxygen atoms in total. The van der Waals surface area contributed by atoms with Gasteiger partial charge in [-0.1, -0.05) is 12.1 Å². The molecule has 2 aromatic carbocycles. The number of aromatic carboxylic acids is 1. The van der Waals surface area contributed by atoms with E-state index in [1.54, 1.807) is 30.6 Å². The number of benzene rings is 2. The number of imidazole rings is 1. The fourth-order valence-corrected chi connectivity index (χ4v) is 2.14. The van der Waals surface area contributed by atoms with E-state index in [1.165, 1.54) is 0 Å². The monoisotopic (exact) mass is 267 g/mol. The zero-order valence-corrected chi connectivity index (χ0v) is 10.9. The molecule has 3 aromatic rings. The Morgan fingerprint density at radius 3 is 2.85 bits per heavy atom. The predicted molar refractivity (Wildman–Crippen MR) is 77.4 cm³/mol. The molecule has 5 heteroatoms. The van der Waals surface area contributed by atoms with Gasteiger partial charge < -0.3 is 15.0 Å². The number of hydrogen-bond acceptors (Lipinski definition) is 3. The molecule has 1 aromatic heterocycles. The summed E-state index contributed by atoms with van der Waals surface area (Å²) in [5.41, 5.74) is 3.54. The van der Waals surface area contributed by atoms with E-state index in [0.29, 0.717) is 5.69 Å². The Balaban J connectivity index is 2.01. The maximum absolute atomic E-state index is 11.2. The van der Waals surface area contributed by atoms with Gasteiger partial charge in [0, 0.05) is 12.7 Å². The van der Waals surface area contributed by atoms with E-state index < -0.39 is 5.97 Å². The topological polar surface area (TPSA) is 67.2 Å². The number of anilines is 2. The molecule has 1 heterocycles. The van der Waals surface area contributed by atoms with Crippen molar-refractivity contribution in [1.29, 1.82) is 0 Å². The minimum atomic E-state index is -0.949. The van der Waals surface area contributed by atoms with Crippen LogP contribution in [0.2, 0.25) is 0 Å². The first-order chi connectivity index (χ1) is 9.65. The molecule has 3 rings (SSSR count). The Morgan fingerprint density at radius 2 is 2.05 bits per heavy atom. The lowest BCUT2D eigenvalue weighted by molar-refractivity contribution is 0.0698. The summed E-state index contributed by atoms with van der Waals surface area (Å²) in [6.45, 7) is 0. The van der Waals surface area contributed by atoms with Gasteiger partial charge in [0.15, 0.2) is 0 Å². The number of nitrogens with zero attached hydrogens (tertiary/aromatic N) is 2. The fraction of sp³-hybridized carbons (Fsp3) is 0.0667. The van der Waals surface area contributed by atoms with Gasteiger partial charge in [0.2, 0.25) is 0 Å². The van der Waals surface area contributed by atoms with Crippen molar-refractivity contribution in [1.82, 2.24) is 9.55 Å². The Kier molecular flexibility index (Phi) is 2.87. The molecule has 0 aliphatic rings. The van der Waals surface area contributed by atoms with Crippen molar-refractivity contribution in [2.45, 2.75) is 0 Å². The fourth-order valence-electron chi connectivity index (χ4n) is 2.14. The number of aromatic nitrogens is 2. The minimum Gasteiger partial charge on any atom is -0.478 e. The van der Waals surface area contributed by atoms with Crippen molar-refractivity contribution in [3.8, 4) is 0 Å². The van der Waals surface area contributed by atoms with Crippen molar-refractivity contribution < 1.29 is 9.90 Å². The Labute approximate surface area is 115 Å². The summed E-state index contributed by atoms with van der Waals surface area (Å²) in [6, 6.07) is 12.6. The first-order valence-electron chi connectivity index (χ1n) is 6.15. The molecule has 0 atom stereocenters. The molecule has 0 amide bonds. The summed E-state index contributed by atoms with van der Waals surface area (Å²) in [5.74, 6) is -0.949. The predicted octanol–water partition coefficient (Wildman–Crippen LogP) is 3.02. The van der Waals surface area contributed by atoms with Gasteiger partial charge in [0.05, 0.1) is 28.6 Å². The number of para-hydroxylation sites is 1. The molecule has 0 unspecified atom stereocenters. The minimum absolute atomic E-state index is 0.248. The number of hydrogen-bond donors (Lipinski definition) is 2. The molecule has 100 valence electrons. The standard InChI is InChI=1S/C15H13N3O2/c1-18-9-16-13-7-6-10(8-14(13)18)17-12-5-3-2-4-11(12)15(19)20/h2-9,17H,1H3,(H,19,20). The van der Waals surface area contributed by atoms with E-state index in [0.717, 1.165) is 16.7 Å². The molecule has 0 saturated heterocycles. The summed E-state index contributed by atoms with van der Waals surface area (Å²) in [7, 11) is 1.92. The Bertz CT molecular complexity index is 793. The van der Waals surface area contributed by atoms with Gasteiger partial charge >= 0.3 is 5.97 Å². The summed E-state index contributed by atoms with van der Waals surface area (Å²) in [6.07, 6.45) is 1.75. The molecule has 0 aliphatic heterocycles. The van der Waals surface area contributed by atoms with Crippen molar-refractivity contribution in [3.63, 3.8) is 0 Å². The SMILES string of the molecule is Cn1cnc2ccc(Nc3ccccc3C(=O)O)cc21. The van der Waals surface area contributed by atoms with Crippen LogP contribution < -0.4 is 5.32 Å². The van der Waals surface area contributed by atoms with E-state index in [4.69, 9.17) is 0 Å². The maximum atomic E-state index is 11.2. The number of fused-ring (bicyclic) bond motifs is 1. The third-order valence-corrected chi connectivity index (χ3v) is 3.16. The maximum Gasteiger partial charge on any atom is 0.337 e. The van der Waals surface area contributed by atoms with Crippen LogP contribution in [0.1, 0.15) is 10.4 Å². The van der Waals surface area contributed by atoms with Gasteiger partial charge in [0.25, 0.3) is 0 Å². The van der Waals surface area contributed by atoms with Crippen molar-refractivity contribution in [3.05, 3.63) is 54.4 Å². The van der Waals surface area contributed by atoms with E-state index in [-0.39, 0.29) is 5.56 Å². The second kappa shape index (κ2) is 4.70. The van der Waals surface area contributed by atoms with Gasteiger partial charge in [-0.15, -0.1) is 0 Å². The average Bonchev–Trinajstić information content (AvgIpc) is 2.81. The molecule has 0 spiro atoms. The van der Waals surface area contributed by atoms with Crippen LogP contribution in [-0.2, 0) is 7.05 Å². The number of carbonyl (C=O) groups is 1. The molecule has 0 saturated carbocycles. The second-order valence-corrected chi connectivity index (χ2v) is 4.53. The van der Waals surface area contributed by atoms with E-state index in [1.807, 2.05) is 29.8 Å². The first kappa shape index (κ1) is 12.2. The van der Waals surface area contributed by atoms with Crippen LogP contribution in [0.25, 0.3) is 11.0 Å². The largest absolute Gasteiger partial charge is 0.478 e. The highest BCUT2D eigenvalue weighted by atomic mass is 16.4. The molecule has 20 heavy (non-hydrogen) atoms. The molecule has 0 aliphatic carbocycles. The Morgan fingerprint density at radius 1 is 1.25 bits per heavy atom. The highest BCUT2D eigenvalue weighted by Crippen LogP contribution is 2.23.